The first-order valence-corrected chi connectivity index (χ1v) is 5.27. The Morgan fingerprint density at radius 3 is 3.00 bits per heavy atom. The average Bonchev–Trinajstić information content (AvgIpc) is 2.68. The van der Waals surface area contributed by atoms with E-state index < -0.39 is 0 Å². The molecule has 0 saturated carbocycles. The van der Waals surface area contributed by atoms with Crippen LogP contribution in [0.3, 0.4) is 0 Å². The van der Waals surface area contributed by atoms with Crippen molar-refractivity contribution in [2.75, 3.05) is 6.54 Å². The molecule has 0 radical (unpaired) electrons. The fourth-order valence-corrected chi connectivity index (χ4v) is 1.56. The molecule has 16 heavy (non-hydrogen) atoms. The van der Waals surface area contributed by atoms with Gasteiger partial charge in [0.2, 0.25) is 0 Å². The Bertz CT molecular complexity index is 519. The predicted molar refractivity (Wildman–Crippen MR) is 60.9 cm³/mol. The fourth-order valence-electron chi connectivity index (χ4n) is 1.56. The second kappa shape index (κ2) is 4.35. The van der Waals surface area contributed by atoms with Gasteiger partial charge in [-0.2, -0.15) is 0 Å². The van der Waals surface area contributed by atoms with Gasteiger partial charge >= 0.3 is 0 Å². The first kappa shape index (κ1) is 10.7. The SMILES string of the molecule is CCCNC(=O)c1cc2cc(F)ccc2[nH]1. The van der Waals surface area contributed by atoms with Crippen molar-refractivity contribution in [2.24, 2.45) is 0 Å². The molecule has 0 aliphatic heterocycles. The average molecular weight is 220 g/mol. The Kier molecular flexibility index (Phi) is 2.90. The van der Waals surface area contributed by atoms with Gasteiger partial charge in [0.15, 0.2) is 0 Å². The third-order valence-electron chi connectivity index (χ3n) is 2.36. The molecule has 0 saturated heterocycles. The summed E-state index contributed by atoms with van der Waals surface area (Å²) in [6.07, 6.45) is 0.889. The van der Waals surface area contributed by atoms with Gasteiger partial charge in [-0.05, 0) is 30.7 Å². The zero-order valence-corrected chi connectivity index (χ0v) is 9.01. The van der Waals surface area contributed by atoms with E-state index in [2.05, 4.69) is 10.3 Å². The number of hydrogen-bond donors (Lipinski definition) is 2. The first-order chi connectivity index (χ1) is 7.70. The Balaban J connectivity index is 2.28. The molecule has 84 valence electrons. The van der Waals surface area contributed by atoms with E-state index in [1.165, 1.54) is 12.1 Å². The third-order valence-corrected chi connectivity index (χ3v) is 2.36. The quantitative estimate of drug-likeness (QED) is 0.819. The molecule has 0 fully saturated rings. The van der Waals surface area contributed by atoms with Gasteiger partial charge in [0.1, 0.15) is 11.5 Å². The lowest BCUT2D eigenvalue weighted by molar-refractivity contribution is 0.0949. The largest absolute Gasteiger partial charge is 0.351 e. The number of nitrogens with one attached hydrogen (secondary N) is 2. The normalized spacial score (nSPS) is 10.6. The number of benzene rings is 1. The molecule has 2 aromatic rings. The van der Waals surface area contributed by atoms with Gasteiger partial charge in [-0.25, -0.2) is 4.39 Å². The summed E-state index contributed by atoms with van der Waals surface area (Å²) < 4.78 is 12.9. The van der Waals surface area contributed by atoms with Gasteiger partial charge < -0.3 is 10.3 Å². The Hall–Kier alpha value is -1.84. The summed E-state index contributed by atoms with van der Waals surface area (Å²) in [5.74, 6) is -0.453. The minimum absolute atomic E-state index is 0.154. The number of aromatic amines is 1. The van der Waals surface area contributed by atoms with Crippen molar-refractivity contribution >= 4 is 16.8 Å². The van der Waals surface area contributed by atoms with Crippen molar-refractivity contribution in [3.05, 3.63) is 35.8 Å². The molecule has 1 aromatic carbocycles. The van der Waals surface area contributed by atoms with Gasteiger partial charge in [0.25, 0.3) is 5.91 Å². The number of aromatic nitrogens is 1. The van der Waals surface area contributed by atoms with Crippen molar-refractivity contribution in [1.82, 2.24) is 10.3 Å². The van der Waals surface area contributed by atoms with Crippen LogP contribution in [0, 0.1) is 5.82 Å². The molecule has 0 unspecified atom stereocenters. The van der Waals surface area contributed by atoms with Crippen molar-refractivity contribution in [2.45, 2.75) is 13.3 Å². The van der Waals surface area contributed by atoms with E-state index in [0.29, 0.717) is 17.6 Å². The maximum atomic E-state index is 12.9. The summed E-state index contributed by atoms with van der Waals surface area (Å²) >= 11 is 0. The van der Waals surface area contributed by atoms with Gasteiger partial charge in [-0.1, -0.05) is 6.92 Å². The maximum Gasteiger partial charge on any atom is 0.267 e. The fraction of sp³-hybridized carbons (Fsp3) is 0.250. The highest BCUT2D eigenvalue weighted by Crippen LogP contribution is 2.16. The summed E-state index contributed by atoms with van der Waals surface area (Å²) in [5, 5.41) is 3.47. The Morgan fingerprint density at radius 1 is 1.44 bits per heavy atom. The molecule has 0 atom stereocenters. The molecule has 1 amide bonds. The van der Waals surface area contributed by atoms with Gasteiger partial charge in [-0.3, -0.25) is 4.79 Å². The number of halogens is 1. The smallest absolute Gasteiger partial charge is 0.267 e. The van der Waals surface area contributed by atoms with Crippen LogP contribution in [-0.2, 0) is 0 Å². The summed E-state index contributed by atoms with van der Waals surface area (Å²) in [6.45, 7) is 2.63. The van der Waals surface area contributed by atoms with Gasteiger partial charge in [0, 0.05) is 17.4 Å². The minimum Gasteiger partial charge on any atom is -0.351 e. The van der Waals surface area contributed by atoms with Crippen LogP contribution in [-0.4, -0.2) is 17.4 Å². The monoisotopic (exact) mass is 220 g/mol. The summed E-state index contributed by atoms with van der Waals surface area (Å²) in [6, 6.07) is 6.06. The van der Waals surface area contributed by atoms with E-state index in [9.17, 15) is 9.18 Å². The molecular weight excluding hydrogens is 207 g/mol. The number of carbonyl (C=O) groups is 1. The molecule has 1 aromatic heterocycles. The molecule has 4 heteroatoms. The number of amides is 1. The van der Waals surface area contributed by atoms with Crippen LogP contribution in [0.25, 0.3) is 10.9 Å². The van der Waals surface area contributed by atoms with Gasteiger partial charge in [0.05, 0.1) is 0 Å². The molecule has 2 N–H and O–H groups in total. The second-order valence-electron chi connectivity index (χ2n) is 3.67. The lowest BCUT2D eigenvalue weighted by atomic mass is 10.2. The minimum atomic E-state index is -0.299. The van der Waals surface area contributed by atoms with E-state index in [0.717, 1.165) is 11.9 Å². The first-order valence-electron chi connectivity index (χ1n) is 5.27. The zero-order valence-electron chi connectivity index (χ0n) is 9.01. The van der Waals surface area contributed by atoms with E-state index in [-0.39, 0.29) is 11.7 Å². The molecule has 3 nitrogen and oxygen atoms in total. The van der Waals surface area contributed by atoms with Crippen LogP contribution in [0.15, 0.2) is 24.3 Å². The highest BCUT2D eigenvalue weighted by Gasteiger charge is 2.08. The van der Waals surface area contributed by atoms with Crippen LogP contribution >= 0.6 is 0 Å². The van der Waals surface area contributed by atoms with Crippen molar-refractivity contribution < 1.29 is 9.18 Å². The predicted octanol–water partition coefficient (Wildman–Crippen LogP) is 2.45. The zero-order chi connectivity index (χ0) is 11.5. The van der Waals surface area contributed by atoms with Crippen LogP contribution in [0.1, 0.15) is 23.8 Å². The summed E-state index contributed by atoms with van der Waals surface area (Å²) in [5.41, 5.74) is 1.23. The lowest BCUT2D eigenvalue weighted by Crippen LogP contribution is -2.24. The molecule has 0 bridgehead atoms. The summed E-state index contributed by atoms with van der Waals surface area (Å²) in [4.78, 5) is 14.6. The summed E-state index contributed by atoms with van der Waals surface area (Å²) in [7, 11) is 0. The number of rotatable bonds is 3. The van der Waals surface area contributed by atoms with E-state index in [1.807, 2.05) is 6.92 Å². The molecule has 0 aliphatic rings. The standard InChI is InChI=1S/C12H13FN2O/c1-2-5-14-12(16)11-7-8-6-9(13)3-4-10(8)15-11/h3-4,6-7,15H,2,5H2,1H3,(H,14,16). The number of carbonyl (C=O) groups excluding carboxylic acids is 1. The Morgan fingerprint density at radius 2 is 2.25 bits per heavy atom. The second-order valence-corrected chi connectivity index (χ2v) is 3.67. The molecule has 1 heterocycles. The van der Waals surface area contributed by atoms with Crippen molar-refractivity contribution in [3.8, 4) is 0 Å². The van der Waals surface area contributed by atoms with E-state index >= 15 is 0 Å². The van der Waals surface area contributed by atoms with Crippen LogP contribution in [0.2, 0.25) is 0 Å². The highest BCUT2D eigenvalue weighted by molar-refractivity contribution is 5.97. The van der Waals surface area contributed by atoms with Crippen LogP contribution in [0.5, 0.6) is 0 Å². The lowest BCUT2D eigenvalue weighted by Gasteiger charge is -1.99. The van der Waals surface area contributed by atoms with Crippen molar-refractivity contribution in [1.29, 1.82) is 0 Å². The van der Waals surface area contributed by atoms with E-state index in [1.54, 1.807) is 12.1 Å². The molecular formula is C12H13FN2O. The number of fused-ring (bicyclic) bond motifs is 1. The molecule has 2 rings (SSSR count). The van der Waals surface area contributed by atoms with Crippen LogP contribution in [0.4, 0.5) is 4.39 Å². The molecule has 0 spiro atoms. The van der Waals surface area contributed by atoms with Crippen LogP contribution < -0.4 is 5.32 Å². The van der Waals surface area contributed by atoms with Gasteiger partial charge in [-0.15, -0.1) is 0 Å². The Labute approximate surface area is 92.7 Å². The number of hydrogen-bond acceptors (Lipinski definition) is 1. The number of H-pyrrole nitrogens is 1. The maximum absolute atomic E-state index is 12.9. The van der Waals surface area contributed by atoms with E-state index in [4.69, 9.17) is 0 Å². The third kappa shape index (κ3) is 2.05. The molecule has 0 aliphatic carbocycles. The highest BCUT2D eigenvalue weighted by atomic mass is 19.1. The topological polar surface area (TPSA) is 44.9 Å². The van der Waals surface area contributed by atoms with Crippen molar-refractivity contribution in [3.63, 3.8) is 0 Å².